The van der Waals surface area contributed by atoms with Gasteiger partial charge in [-0.15, -0.1) is 0 Å². The number of likely N-dealkylation sites (tertiary alicyclic amines) is 1. The highest BCUT2D eigenvalue weighted by Gasteiger charge is 2.27. The number of aryl methyl sites for hydroxylation is 1. The predicted molar refractivity (Wildman–Crippen MR) is 113 cm³/mol. The van der Waals surface area contributed by atoms with E-state index < -0.39 is 0 Å². The number of rotatable bonds is 6. The van der Waals surface area contributed by atoms with E-state index in [4.69, 9.17) is 4.99 Å². The molecule has 2 aliphatic heterocycles. The lowest BCUT2D eigenvalue weighted by Gasteiger charge is -2.35. The Bertz CT molecular complexity index is 665. The zero-order valence-corrected chi connectivity index (χ0v) is 17.6. The molecular formula is C20H35N7O. The van der Waals surface area contributed by atoms with Crippen LogP contribution in [0, 0.1) is 5.92 Å². The Hall–Kier alpha value is -2.09. The zero-order valence-electron chi connectivity index (χ0n) is 17.6. The fraction of sp³-hybridized carbons (Fsp3) is 0.750. The first-order chi connectivity index (χ1) is 13.6. The number of piperidine rings is 1. The molecule has 1 N–H and O–H groups in total. The molecule has 1 amide bonds. The van der Waals surface area contributed by atoms with Crippen molar-refractivity contribution >= 4 is 17.6 Å². The number of nitrogens with zero attached hydrogens (tertiary/aromatic N) is 6. The van der Waals surface area contributed by atoms with Gasteiger partial charge in [-0.25, -0.2) is 0 Å². The summed E-state index contributed by atoms with van der Waals surface area (Å²) in [7, 11) is 1.87. The van der Waals surface area contributed by atoms with Crippen molar-refractivity contribution in [1.29, 1.82) is 0 Å². The number of piperazine rings is 1. The van der Waals surface area contributed by atoms with Crippen LogP contribution in [-0.2, 0) is 11.8 Å². The summed E-state index contributed by atoms with van der Waals surface area (Å²) in [5.74, 6) is 1.46. The van der Waals surface area contributed by atoms with Crippen LogP contribution in [0.25, 0.3) is 0 Å². The highest BCUT2D eigenvalue weighted by molar-refractivity contribution is 5.98. The van der Waals surface area contributed by atoms with E-state index in [1.54, 1.807) is 10.9 Å². The molecule has 28 heavy (non-hydrogen) atoms. The van der Waals surface area contributed by atoms with E-state index in [1.165, 1.54) is 32.4 Å². The minimum atomic E-state index is 0.0891. The summed E-state index contributed by atoms with van der Waals surface area (Å²) in [6.45, 7) is 11.3. The summed E-state index contributed by atoms with van der Waals surface area (Å²) < 4.78 is 1.73. The van der Waals surface area contributed by atoms with Gasteiger partial charge in [-0.2, -0.15) is 5.10 Å². The SMILES string of the molecule is CCNC(=NCC(C)CN1CCCCC1)N1CCN(c2cnn(C)c2)C(=O)C1. The van der Waals surface area contributed by atoms with Gasteiger partial charge in [0.1, 0.15) is 6.54 Å². The van der Waals surface area contributed by atoms with Crippen LogP contribution in [0.2, 0.25) is 0 Å². The van der Waals surface area contributed by atoms with Gasteiger partial charge in [0.2, 0.25) is 5.91 Å². The van der Waals surface area contributed by atoms with Crippen molar-refractivity contribution < 1.29 is 4.79 Å². The number of anilines is 1. The fourth-order valence-corrected chi connectivity index (χ4v) is 3.98. The number of carbonyl (C=O) groups excluding carboxylic acids is 1. The molecule has 0 aliphatic carbocycles. The fourth-order valence-electron chi connectivity index (χ4n) is 3.98. The average Bonchev–Trinajstić information content (AvgIpc) is 3.12. The first-order valence-corrected chi connectivity index (χ1v) is 10.6. The van der Waals surface area contributed by atoms with Gasteiger partial charge in [-0.3, -0.25) is 14.5 Å². The maximum Gasteiger partial charge on any atom is 0.246 e. The lowest BCUT2D eigenvalue weighted by atomic mass is 10.1. The van der Waals surface area contributed by atoms with Gasteiger partial charge in [0, 0.05) is 46.0 Å². The van der Waals surface area contributed by atoms with Crippen LogP contribution < -0.4 is 10.2 Å². The standard InChI is InChI=1S/C20H35N7O/c1-4-21-20(22-12-17(2)14-25-8-6-5-7-9-25)26-10-11-27(19(28)16-26)18-13-23-24(3)15-18/h13,15,17H,4-12,14,16H2,1-3H3,(H,21,22). The number of carbonyl (C=O) groups is 1. The van der Waals surface area contributed by atoms with Crippen LogP contribution in [0.5, 0.6) is 0 Å². The number of hydrogen-bond donors (Lipinski definition) is 1. The van der Waals surface area contributed by atoms with Gasteiger partial charge in [0.25, 0.3) is 0 Å². The largest absolute Gasteiger partial charge is 0.357 e. The molecule has 2 fully saturated rings. The summed E-state index contributed by atoms with van der Waals surface area (Å²) in [4.78, 5) is 24.0. The number of guanidine groups is 1. The second kappa shape index (κ2) is 9.91. The molecule has 1 atom stereocenters. The van der Waals surface area contributed by atoms with Crippen molar-refractivity contribution in [3.8, 4) is 0 Å². The van der Waals surface area contributed by atoms with Crippen LogP contribution in [0.15, 0.2) is 17.4 Å². The Kier molecular flexibility index (Phi) is 7.30. The van der Waals surface area contributed by atoms with E-state index in [9.17, 15) is 4.79 Å². The Morgan fingerprint density at radius 2 is 2.04 bits per heavy atom. The Labute approximate surface area is 168 Å². The molecule has 1 aromatic rings. The molecule has 1 unspecified atom stereocenters. The van der Waals surface area contributed by atoms with Crippen molar-refractivity contribution in [2.75, 3.05) is 57.3 Å². The molecular weight excluding hydrogens is 354 g/mol. The normalized spacial score (nSPS) is 20.5. The van der Waals surface area contributed by atoms with Crippen molar-refractivity contribution in [2.24, 2.45) is 18.0 Å². The minimum absolute atomic E-state index is 0.0891. The van der Waals surface area contributed by atoms with Crippen molar-refractivity contribution in [3.63, 3.8) is 0 Å². The molecule has 2 saturated heterocycles. The highest BCUT2D eigenvalue weighted by Crippen LogP contribution is 2.16. The van der Waals surface area contributed by atoms with E-state index in [0.717, 1.165) is 37.8 Å². The van der Waals surface area contributed by atoms with Crippen LogP contribution in [0.1, 0.15) is 33.1 Å². The van der Waals surface area contributed by atoms with Gasteiger partial charge >= 0.3 is 0 Å². The van der Waals surface area contributed by atoms with Gasteiger partial charge in [-0.05, 0) is 38.8 Å². The van der Waals surface area contributed by atoms with Crippen molar-refractivity contribution in [2.45, 2.75) is 33.1 Å². The molecule has 3 heterocycles. The summed E-state index contributed by atoms with van der Waals surface area (Å²) in [6.07, 6.45) is 7.64. The number of aromatic nitrogens is 2. The average molecular weight is 390 g/mol. The molecule has 3 rings (SSSR count). The second-order valence-corrected chi connectivity index (χ2v) is 8.00. The Morgan fingerprint density at radius 1 is 1.25 bits per heavy atom. The van der Waals surface area contributed by atoms with E-state index in [0.29, 0.717) is 19.0 Å². The van der Waals surface area contributed by atoms with Crippen LogP contribution in [0.3, 0.4) is 0 Å². The van der Waals surface area contributed by atoms with Crippen molar-refractivity contribution in [1.82, 2.24) is 24.9 Å². The maximum absolute atomic E-state index is 12.7. The van der Waals surface area contributed by atoms with Gasteiger partial charge < -0.3 is 20.0 Å². The third-order valence-corrected chi connectivity index (χ3v) is 5.43. The number of hydrogen-bond acceptors (Lipinski definition) is 4. The highest BCUT2D eigenvalue weighted by atomic mass is 16.2. The molecule has 1 aromatic heterocycles. The molecule has 0 saturated carbocycles. The molecule has 8 heteroatoms. The quantitative estimate of drug-likeness (QED) is 0.584. The first-order valence-electron chi connectivity index (χ1n) is 10.6. The number of amides is 1. The predicted octanol–water partition coefficient (Wildman–Crippen LogP) is 1.16. The molecule has 0 bridgehead atoms. The van der Waals surface area contributed by atoms with Gasteiger partial charge in [0.15, 0.2) is 5.96 Å². The van der Waals surface area contributed by atoms with Gasteiger partial charge in [0.05, 0.1) is 11.9 Å². The molecule has 2 aliphatic rings. The molecule has 8 nitrogen and oxygen atoms in total. The summed E-state index contributed by atoms with van der Waals surface area (Å²) >= 11 is 0. The van der Waals surface area contributed by atoms with Crippen LogP contribution in [0.4, 0.5) is 5.69 Å². The van der Waals surface area contributed by atoms with Crippen LogP contribution in [-0.4, -0.2) is 83.8 Å². The maximum atomic E-state index is 12.7. The molecule has 0 radical (unpaired) electrons. The Balaban J connectivity index is 1.55. The minimum Gasteiger partial charge on any atom is -0.357 e. The molecule has 0 spiro atoms. The van der Waals surface area contributed by atoms with Gasteiger partial charge in [-0.1, -0.05) is 13.3 Å². The van der Waals surface area contributed by atoms with E-state index >= 15 is 0 Å². The Morgan fingerprint density at radius 3 is 2.68 bits per heavy atom. The lowest BCUT2D eigenvalue weighted by Crippen LogP contribution is -2.55. The zero-order chi connectivity index (χ0) is 19.9. The first kappa shape index (κ1) is 20.6. The van der Waals surface area contributed by atoms with Crippen molar-refractivity contribution in [3.05, 3.63) is 12.4 Å². The summed E-state index contributed by atoms with van der Waals surface area (Å²) in [5.41, 5.74) is 0.865. The van der Waals surface area contributed by atoms with E-state index in [1.807, 2.05) is 18.1 Å². The third kappa shape index (κ3) is 5.47. The lowest BCUT2D eigenvalue weighted by molar-refractivity contribution is -0.120. The third-order valence-electron chi connectivity index (χ3n) is 5.43. The summed E-state index contributed by atoms with van der Waals surface area (Å²) in [5, 5.41) is 7.54. The number of aliphatic imine (C=N–C) groups is 1. The topological polar surface area (TPSA) is 69.0 Å². The second-order valence-electron chi connectivity index (χ2n) is 8.00. The van der Waals surface area contributed by atoms with E-state index in [-0.39, 0.29) is 5.91 Å². The molecule has 0 aromatic carbocycles. The molecule has 156 valence electrons. The van der Waals surface area contributed by atoms with Crippen LogP contribution >= 0.6 is 0 Å². The smallest absolute Gasteiger partial charge is 0.246 e. The number of nitrogens with one attached hydrogen (secondary N) is 1. The summed E-state index contributed by atoms with van der Waals surface area (Å²) in [6, 6.07) is 0. The monoisotopic (exact) mass is 389 g/mol. The van der Waals surface area contributed by atoms with E-state index in [2.05, 4.69) is 34.1 Å².